The molecular formula is C75H141NO10. The van der Waals surface area contributed by atoms with Crippen LogP contribution < -0.4 is 5.32 Å². The maximum atomic E-state index is 13.5. The molecule has 1 aliphatic rings. The summed E-state index contributed by atoms with van der Waals surface area (Å²) in [7, 11) is 0. The van der Waals surface area contributed by atoms with Crippen molar-refractivity contribution in [3.8, 4) is 0 Å². The SMILES string of the molecule is CCCCCCCC/C=C/CCCCCCCCCCCCCCCC(=O)OC1C(OCC(NC(=O)C(O)CCCCCCCCCCCCCC/C=C/CCCCCCCC)C(O)/C=C/CCCCCCCCCCCC)OC(CO)C(O)C1O. The summed E-state index contributed by atoms with van der Waals surface area (Å²) in [5.41, 5.74) is 0. The fraction of sp³-hybridized carbons (Fsp3) is 0.893. The number of esters is 1. The third kappa shape index (κ3) is 49.6. The molecule has 0 saturated carbocycles. The summed E-state index contributed by atoms with van der Waals surface area (Å²) in [5.74, 6) is -1.18. The Bertz CT molecular complexity index is 1540. The first kappa shape index (κ1) is 81.9. The van der Waals surface area contributed by atoms with E-state index in [4.69, 9.17) is 14.2 Å². The molecular weight excluding hydrogens is 1070 g/mol. The number of carbonyl (C=O) groups is 2. The van der Waals surface area contributed by atoms with Gasteiger partial charge in [0.05, 0.1) is 25.4 Å². The molecule has 86 heavy (non-hydrogen) atoms. The molecule has 0 aromatic heterocycles. The number of ether oxygens (including phenoxy) is 3. The highest BCUT2D eigenvalue weighted by Crippen LogP contribution is 2.27. The largest absolute Gasteiger partial charge is 0.454 e. The molecule has 8 atom stereocenters. The van der Waals surface area contributed by atoms with E-state index in [1.807, 2.05) is 6.08 Å². The van der Waals surface area contributed by atoms with Gasteiger partial charge in [-0.05, 0) is 77.0 Å². The predicted molar refractivity (Wildman–Crippen MR) is 361 cm³/mol. The Labute approximate surface area is 530 Å². The highest BCUT2D eigenvalue weighted by Gasteiger charge is 2.47. The van der Waals surface area contributed by atoms with E-state index in [-0.39, 0.29) is 13.0 Å². The number of nitrogens with one attached hydrogen (secondary N) is 1. The third-order valence-corrected chi connectivity index (χ3v) is 17.8. The van der Waals surface area contributed by atoms with Crippen LogP contribution in [0.15, 0.2) is 36.5 Å². The van der Waals surface area contributed by atoms with Gasteiger partial charge in [0.25, 0.3) is 0 Å². The second kappa shape index (κ2) is 63.0. The molecule has 1 saturated heterocycles. The van der Waals surface area contributed by atoms with Crippen molar-refractivity contribution >= 4 is 11.9 Å². The molecule has 0 radical (unpaired) electrons. The minimum atomic E-state index is -1.61. The number of hydrogen-bond acceptors (Lipinski definition) is 10. The summed E-state index contributed by atoms with van der Waals surface area (Å²) in [6, 6.07) is -1.02. The summed E-state index contributed by atoms with van der Waals surface area (Å²) in [4.78, 5) is 26.7. The molecule has 1 fully saturated rings. The van der Waals surface area contributed by atoms with Gasteiger partial charge in [-0.2, -0.15) is 0 Å². The zero-order valence-electron chi connectivity index (χ0n) is 56.5. The highest BCUT2D eigenvalue weighted by molar-refractivity contribution is 5.80. The number of aliphatic hydroxyl groups excluding tert-OH is 5. The number of aliphatic hydroxyl groups is 5. The van der Waals surface area contributed by atoms with E-state index in [9.17, 15) is 35.1 Å². The van der Waals surface area contributed by atoms with Crippen LogP contribution in [0, 0.1) is 0 Å². The highest BCUT2D eigenvalue weighted by atomic mass is 16.7. The van der Waals surface area contributed by atoms with Crippen molar-refractivity contribution in [2.24, 2.45) is 0 Å². The topological polar surface area (TPSA) is 175 Å². The minimum absolute atomic E-state index is 0.127. The van der Waals surface area contributed by atoms with Crippen LogP contribution in [-0.2, 0) is 23.8 Å². The Balaban J connectivity index is 2.54. The number of amides is 1. The van der Waals surface area contributed by atoms with Gasteiger partial charge in [0.2, 0.25) is 5.91 Å². The molecule has 8 unspecified atom stereocenters. The van der Waals surface area contributed by atoms with Crippen molar-refractivity contribution in [2.75, 3.05) is 13.2 Å². The zero-order valence-corrected chi connectivity index (χ0v) is 56.5. The quantitative estimate of drug-likeness (QED) is 0.0195. The van der Waals surface area contributed by atoms with Gasteiger partial charge in [-0.1, -0.05) is 320 Å². The predicted octanol–water partition coefficient (Wildman–Crippen LogP) is 19.4. The van der Waals surface area contributed by atoms with Crippen molar-refractivity contribution in [3.63, 3.8) is 0 Å². The first-order chi connectivity index (χ1) is 42.2. The lowest BCUT2D eigenvalue weighted by molar-refractivity contribution is -0.305. The number of allylic oxidation sites excluding steroid dienone is 5. The van der Waals surface area contributed by atoms with Gasteiger partial charge in [0, 0.05) is 6.42 Å². The van der Waals surface area contributed by atoms with Crippen LogP contribution in [-0.4, -0.2) is 99.6 Å². The van der Waals surface area contributed by atoms with Gasteiger partial charge in [-0.3, -0.25) is 9.59 Å². The van der Waals surface area contributed by atoms with Crippen molar-refractivity contribution in [3.05, 3.63) is 36.5 Å². The van der Waals surface area contributed by atoms with Crippen LogP contribution >= 0.6 is 0 Å². The molecule has 0 aliphatic carbocycles. The standard InChI is InChI=1S/C75H141NO10/c1-4-7-10-13-16-19-22-25-27-29-31-33-35-37-39-41-43-45-48-51-54-57-60-63-70(80)86-73-72(82)71(81)69(64-77)85-75(73)84-65-66(67(78)61-58-55-52-49-46-24-21-18-15-12-9-6-3)76-74(83)68(79)62-59-56-53-50-47-44-42-40-38-36-34-32-30-28-26-23-20-17-14-11-8-5-2/h25-28,58,61,66-69,71-73,75,77-79,81-82H,4-24,29-57,59-60,62-65H2,1-3H3,(H,76,83)/b27-25+,28-26+,61-58+. The Morgan fingerprint density at radius 3 is 1.13 bits per heavy atom. The van der Waals surface area contributed by atoms with Crippen molar-refractivity contribution < 1.29 is 49.3 Å². The second-order valence-electron chi connectivity index (χ2n) is 26.0. The van der Waals surface area contributed by atoms with E-state index >= 15 is 0 Å². The van der Waals surface area contributed by atoms with E-state index in [2.05, 4.69) is 50.4 Å². The van der Waals surface area contributed by atoms with Crippen molar-refractivity contribution in [1.29, 1.82) is 0 Å². The number of carbonyl (C=O) groups excluding carboxylic acids is 2. The van der Waals surface area contributed by atoms with E-state index < -0.39 is 67.4 Å². The van der Waals surface area contributed by atoms with Crippen LogP contribution in [0.4, 0.5) is 0 Å². The van der Waals surface area contributed by atoms with Crippen LogP contribution in [0.3, 0.4) is 0 Å². The second-order valence-corrected chi connectivity index (χ2v) is 26.0. The molecule has 0 aromatic rings. The zero-order chi connectivity index (χ0) is 62.4. The molecule has 0 aromatic carbocycles. The maximum Gasteiger partial charge on any atom is 0.306 e. The first-order valence-corrected chi connectivity index (χ1v) is 37.3. The lowest BCUT2D eigenvalue weighted by Crippen LogP contribution is -2.61. The van der Waals surface area contributed by atoms with Crippen LogP contribution in [0.2, 0.25) is 0 Å². The Hall–Kier alpha value is -2.12. The third-order valence-electron chi connectivity index (χ3n) is 17.8. The monoisotopic (exact) mass is 1220 g/mol. The van der Waals surface area contributed by atoms with E-state index in [1.165, 1.54) is 263 Å². The lowest BCUT2D eigenvalue weighted by atomic mass is 9.99. The van der Waals surface area contributed by atoms with E-state index in [0.29, 0.717) is 19.3 Å². The Morgan fingerprint density at radius 1 is 0.442 bits per heavy atom. The van der Waals surface area contributed by atoms with Crippen molar-refractivity contribution in [1.82, 2.24) is 5.32 Å². The van der Waals surface area contributed by atoms with E-state index in [1.54, 1.807) is 6.08 Å². The summed E-state index contributed by atoms with van der Waals surface area (Å²) in [6.45, 7) is 5.84. The van der Waals surface area contributed by atoms with Gasteiger partial charge in [-0.25, -0.2) is 0 Å². The summed E-state index contributed by atoms with van der Waals surface area (Å²) in [6.07, 6.45) is 67.6. The maximum absolute atomic E-state index is 13.5. The van der Waals surface area contributed by atoms with Crippen molar-refractivity contribution in [2.45, 2.75) is 416 Å². The van der Waals surface area contributed by atoms with Gasteiger partial charge >= 0.3 is 5.97 Å². The minimum Gasteiger partial charge on any atom is -0.454 e. The molecule has 0 spiro atoms. The smallest absolute Gasteiger partial charge is 0.306 e. The molecule has 1 aliphatic heterocycles. The molecule has 0 bridgehead atoms. The van der Waals surface area contributed by atoms with Gasteiger partial charge in [0.1, 0.15) is 24.4 Å². The molecule has 1 rings (SSSR count). The number of rotatable bonds is 65. The normalized spacial score (nSPS) is 18.4. The average molecular weight is 1220 g/mol. The molecule has 6 N–H and O–H groups in total. The summed E-state index contributed by atoms with van der Waals surface area (Å²) < 4.78 is 17.7. The summed E-state index contributed by atoms with van der Waals surface area (Å²) >= 11 is 0. The van der Waals surface area contributed by atoms with E-state index in [0.717, 1.165) is 57.8 Å². The number of hydrogen-bond donors (Lipinski definition) is 6. The Kier molecular flexibility index (Phi) is 60.0. The Morgan fingerprint density at radius 2 is 0.767 bits per heavy atom. The van der Waals surface area contributed by atoms with Crippen LogP contribution in [0.1, 0.15) is 367 Å². The first-order valence-electron chi connectivity index (χ1n) is 37.3. The van der Waals surface area contributed by atoms with Crippen LogP contribution in [0.5, 0.6) is 0 Å². The molecule has 11 nitrogen and oxygen atoms in total. The van der Waals surface area contributed by atoms with Gasteiger partial charge in [-0.15, -0.1) is 0 Å². The lowest BCUT2D eigenvalue weighted by Gasteiger charge is -2.41. The van der Waals surface area contributed by atoms with Crippen LogP contribution in [0.25, 0.3) is 0 Å². The fourth-order valence-corrected chi connectivity index (χ4v) is 11.9. The number of unbranched alkanes of at least 4 members (excludes halogenated alkanes) is 47. The fourth-order valence-electron chi connectivity index (χ4n) is 11.9. The molecule has 1 heterocycles. The molecule has 506 valence electrons. The summed E-state index contributed by atoms with van der Waals surface area (Å²) in [5, 5.41) is 57.3. The average Bonchev–Trinajstić information content (AvgIpc) is 3.39. The molecule has 1 amide bonds. The van der Waals surface area contributed by atoms with Gasteiger partial charge in [0.15, 0.2) is 12.4 Å². The molecule has 11 heteroatoms. The van der Waals surface area contributed by atoms with Gasteiger partial charge < -0.3 is 45.1 Å².